The van der Waals surface area contributed by atoms with E-state index in [0.29, 0.717) is 34.8 Å². The Morgan fingerprint density at radius 1 is 1.00 bits per heavy atom. The van der Waals surface area contributed by atoms with Gasteiger partial charge in [0.2, 0.25) is 11.8 Å². The van der Waals surface area contributed by atoms with E-state index in [2.05, 4.69) is 5.32 Å². The predicted molar refractivity (Wildman–Crippen MR) is 127 cm³/mol. The zero-order valence-electron chi connectivity index (χ0n) is 17.5. The molecule has 0 aliphatic carbocycles. The minimum absolute atomic E-state index is 0.0979. The second-order valence-electron chi connectivity index (χ2n) is 7.52. The number of nitrogens with one attached hydrogen (secondary N) is 1. The topological polar surface area (TPSA) is 49.4 Å². The first-order valence-electron chi connectivity index (χ1n) is 9.91. The van der Waals surface area contributed by atoms with Crippen molar-refractivity contribution < 1.29 is 9.59 Å². The van der Waals surface area contributed by atoms with Crippen LogP contribution in [0.1, 0.15) is 31.9 Å². The maximum atomic E-state index is 13.1. The molecule has 2 amide bonds. The molecule has 7 heteroatoms. The second-order valence-corrected chi connectivity index (χ2v) is 9.32. The zero-order valence-corrected chi connectivity index (χ0v) is 19.9. The van der Waals surface area contributed by atoms with Gasteiger partial charge in [-0.05, 0) is 36.1 Å². The number of halogens is 2. The van der Waals surface area contributed by atoms with Crippen LogP contribution in [0.5, 0.6) is 0 Å². The van der Waals surface area contributed by atoms with E-state index < -0.39 is 6.04 Å². The van der Waals surface area contributed by atoms with Crippen molar-refractivity contribution >= 4 is 46.8 Å². The van der Waals surface area contributed by atoms with Crippen LogP contribution in [0.4, 0.5) is 0 Å². The Balaban J connectivity index is 2.06. The average molecular weight is 467 g/mol. The van der Waals surface area contributed by atoms with Crippen LogP contribution in [0, 0.1) is 5.92 Å². The summed E-state index contributed by atoms with van der Waals surface area (Å²) in [4.78, 5) is 27.3. The maximum absolute atomic E-state index is 13.1. The summed E-state index contributed by atoms with van der Waals surface area (Å²) < 4.78 is 0. The molecule has 0 aromatic heterocycles. The van der Waals surface area contributed by atoms with Crippen molar-refractivity contribution in [3.63, 3.8) is 0 Å². The molecule has 0 radical (unpaired) electrons. The summed E-state index contributed by atoms with van der Waals surface area (Å²) in [5, 5.41) is 4.10. The maximum Gasteiger partial charge on any atom is 0.242 e. The summed E-state index contributed by atoms with van der Waals surface area (Å²) in [6, 6.07) is 14.5. The summed E-state index contributed by atoms with van der Waals surface area (Å²) in [7, 11) is 0. The summed E-state index contributed by atoms with van der Waals surface area (Å²) in [5.41, 5.74) is 1.80. The minimum Gasteiger partial charge on any atom is -0.354 e. The van der Waals surface area contributed by atoms with Gasteiger partial charge in [0, 0.05) is 28.9 Å². The van der Waals surface area contributed by atoms with E-state index in [-0.39, 0.29) is 17.6 Å². The second kappa shape index (κ2) is 12.2. The number of hydrogen-bond acceptors (Lipinski definition) is 3. The van der Waals surface area contributed by atoms with Gasteiger partial charge < -0.3 is 10.2 Å². The van der Waals surface area contributed by atoms with Crippen LogP contribution in [0.2, 0.25) is 10.0 Å². The first-order valence-corrected chi connectivity index (χ1v) is 11.8. The van der Waals surface area contributed by atoms with Crippen molar-refractivity contribution in [1.82, 2.24) is 10.2 Å². The van der Waals surface area contributed by atoms with Gasteiger partial charge in [-0.3, -0.25) is 9.59 Å². The quantitative estimate of drug-likeness (QED) is 0.508. The molecule has 4 nitrogen and oxygen atoms in total. The lowest BCUT2D eigenvalue weighted by molar-refractivity contribution is -0.138. The largest absolute Gasteiger partial charge is 0.354 e. The fourth-order valence-electron chi connectivity index (χ4n) is 2.81. The van der Waals surface area contributed by atoms with Crippen LogP contribution >= 0.6 is 35.0 Å². The molecule has 0 unspecified atom stereocenters. The fourth-order valence-corrected chi connectivity index (χ4v) is 4.46. The monoisotopic (exact) mass is 466 g/mol. The van der Waals surface area contributed by atoms with Crippen LogP contribution in [0.15, 0.2) is 48.5 Å². The average Bonchev–Trinajstić information content (AvgIpc) is 2.72. The van der Waals surface area contributed by atoms with Crippen molar-refractivity contribution in [3.05, 3.63) is 69.7 Å². The van der Waals surface area contributed by atoms with E-state index in [1.54, 1.807) is 30.0 Å². The summed E-state index contributed by atoms with van der Waals surface area (Å²) in [6.45, 7) is 6.80. The third-order valence-corrected chi connectivity index (χ3v) is 6.23. The van der Waals surface area contributed by atoms with Crippen LogP contribution < -0.4 is 5.32 Å². The van der Waals surface area contributed by atoms with Gasteiger partial charge in [0.05, 0.1) is 5.75 Å². The Morgan fingerprint density at radius 2 is 1.63 bits per heavy atom. The van der Waals surface area contributed by atoms with E-state index in [4.69, 9.17) is 23.2 Å². The standard InChI is InChI=1S/C23H28Cl2N2O2S/c1-16(2)12-26-23(29)17(3)27(13-18-8-5-4-6-9-18)22(28)15-30-14-19-20(24)10-7-11-21(19)25/h4-11,16-17H,12-15H2,1-3H3,(H,26,29)/t17-/m0/s1. The highest BCUT2D eigenvalue weighted by molar-refractivity contribution is 7.99. The number of carbonyl (C=O) groups is 2. The van der Waals surface area contributed by atoms with E-state index >= 15 is 0 Å². The molecule has 162 valence electrons. The van der Waals surface area contributed by atoms with Gasteiger partial charge in [0.25, 0.3) is 0 Å². The minimum atomic E-state index is -0.569. The van der Waals surface area contributed by atoms with E-state index in [1.165, 1.54) is 11.8 Å². The molecule has 0 saturated carbocycles. The first kappa shape index (κ1) is 24.6. The molecule has 1 atom stereocenters. The lowest BCUT2D eigenvalue weighted by atomic mass is 10.1. The van der Waals surface area contributed by atoms with E-state index in [9.17, 15) is 9.59 Å². The summed E-state index contributed by atoms with van der Waals surface area (Å²) >= 11 is 13.9. The number of rotatable bonds is 10. The number of hydrogen-bond donors (Lipinski definition) is 1. The molecule has 0 spiro atoms. The van der Waals surface area contributed by atoms with Gasteiger partial charge >= 0.3 is 0 Å². The molecule has 1 N–H and O–H groups in total. The Kier molecular flexibility index (Phi) is 10.0. The molecule has 0 aliphatic heterocycles. The van der Waals surface area contributed by atoms with E-state index in [1.807, 2.05) is 44.2 Å². The zero-order chi connectivity index (χ0) is 22.1. The number of benzene rings is 2. The lowest BCUT2D eigenvalue weighted by Crippen LogP contribution is -2.48. The molecule has 0 saturated heterocycles. The highest BCUT2D eigenvalue weighted by Gasteiger charge is 2.26. The van der Waals surface area contributed by atoms with Gasteiger partial charge in [-0.15, -0.1) is 11.8 Å². The lowest BCUT2D eigenvalue weighted by Gasteiger charge is -2.29. The highest BCUT2D eigenvalue weighted by atomic mass is 35.5. The Labute approximate surface area is 193 Å². The molecule has 0 bridgehead atoms. The van der Waals surface area contributed by atoms with Crippen LogP contribution in [0.3, 0.4) is 0 Å². The molecule has 0 heterocycles. The SMILES string of the molecule is CC(C)CNC(=O)[C@H](C)N(Cc1ccccc1)C(=O)CSCc1c(Cl)cccc1Cl. The number of nitrogens with zero attached hydrogens (tertiary/aromatic N) is 1. The normalized spacial score (nSPS) is 11.9. The molecule has 2 rings (SSSR count). The van der Waals surface area contributed by atoms with Gasteiger partial charge in [-0.2, -0.15) is 0 Å². The van der Waals surface area contributed by atoms with Crippen molar-refractivity contribution in [1.29, 1.82) is 0 Å². The fraction of sp³-hybridized carbons (Fsp3) is 0.391. The van der Waals surface area contributed by atoms with Crippen molar-refractivity contribution in [3.8, 4) is 0 Å². The van der Waals surface area contributed by atoms with E-state index in [0.717, 1.165) is 11.1 Å². The van der Waals surface area contributed by atoms with Crippen molar-refractivity contribution in [2.24, 2.45) is 5.92 Å². The van der Waals surface area contributed by atoms with Crippen LogP contribution in [0.25, 0.3) is 0 Å². The Morgan fingerprint density at radius 3 is 2.23 bits per heavy atom. The van der Waals surface area contributed by atoms with Crippen LogP contribution in [-0.4, -0.2) is 35.1 Å². The molecule has 30 heavy (non-hydrogen) atoms. The molecule has 0 fully saturated rings. The molecular formula is C23H28Cl2N2O2S. The molecule has 2 aromatic rings. The van der Waals surface area contributed by atoms with Crippen LogP contribution in [-0.2, 0) is 21.9 Å². The summed E-state index contributed by atoms with van der Waals surface area (Å²) in [5.74, 6) is 0.856. The molecule has 0 aliphatic rings. The Bertz CT molecular complexity index is 826. The third kappa shape index (κ3) is 7.53. The molecular weight excluding hydrogens is 439 g/mol. The number of thioether (sulfide) groups is 1. The van der Waals surface area contributed by atoms with Gasteiger partial charge in [-0.25, -0.2) is 0 Å². The highest BCUT2D eigenvalue weighted by Crippen LogP contribution is 2.28. The Hall–Kier alpha value is -1.69. The summed E-state index contributed by atoms with van der Waals surface area (Å²) in [6.07, 6.45) is 0. The third-order valence-electron chi connectivity index (χ3n) is 4.58. The molecule has 2 aromatic carbocycles. The number of amides is 2. The van der Waals surface area contributed by atoms with Gasteiger partial charge in [0.1, 0.15) is 6.04 Å². The first-order chi connectivity index (χ1) is 14.3. The van der Waals surface area contributed by atoms with Crippen molar-refractivity contribution in [2.75, 3.05) is 12.3 Å². The smallest absolute Gasteiger partial charge is 0.242 e. The number of carbonyl (C=O) groups excluding carboxylic acids is 2. The predicted octanol–water partition coefficient (Wildman–Crippen LogP) is 5.42. The van der Waals surface area contributed by atoms with Gasteiger partial charge in [0.15, 0.2) is 0 Å². The van der Waals surface area contributed by atoms with Crippen molar-refractivity contribution in [2.45, 2.75) is 39.1 Å². The van der Waals surface area contributed by atoms with Gasteiger partial charge in [-0.1, -0.05) is 73.4 Å².